The molecule has 2 aromatic rings. The summed E-state index contributed by atoms with van der Waals surface area (Å²) in [5, 5.41) is 31.4. The van der Waals surface area contributed by atoms with Crippen LogP contribution in [0.25, 0.3) is 0 Å². The zero-order valence-electron chi connectivity index (χ0n) is 22.3. The zero-order chi connectivity index (χ0) is 30.9. The largest absolute Gasteiger partial charge is 0.416 e. The van der Waals surface area contributed by atoms with Crippen molar-refractivity contribution in [1.82, 2.24) is 20.9 Å². The van der Waals surface area contributed by atoms with Crippen LogP contribution in [-0.4, -0.2) is 98.7 Å². The van der Waals surface area contributed by atoms with Gasteiger partial charge in [-0.1, -0.05) is 24.3 Å². The lowest BCUT2D eigenvalue weighted by Gasteiger charge is -2.41. The van der Waals surface area contributed by atoms with Crippen molar-refractivity contribution in [3.05, 3.63) is 65.7 Å². The van der Waals surface area contributed by atoms with Crippen molar-refractivity contribution in [2.45, 2.75) is 35.8 Å². The van der Waals surface area contributed by atoms with Gasteiger partial charge in [-0.3, -0.25) is 41.2 Å². The topological polar surface area (TPSA) is 203 Å². The van der Waals surface area contributed by atoms with Gasteiger partial charge in [0.2, 0.25) is 0 Å². The van der Waals surface area contributed by atoms with Crippen molar-refractivity contribution in [1.29, 1.82) is 0 Å². The predicted molar refractivity (Wildman–Crippen MR) is 142 cm³/mol. The maximum Gasteiger partial charge on any atom is 0.416 e. The molecule has 226 valence electrons. The molecule has 4 aliphatic rings. The number of carbonyl (C=O) groups is 3. The van der Waals surface area contributed by atoms with Gasteiger partial charge in [0.05, 0.1) is 18.7 Å². The number of guanidine groups is 2. The first-order valence-electron chi connectivity index (χ1n) is 13.2. The van der Waals surface area contributed by atoms with Crippen molar-refractivity contribution in [2.24, 2.45) is 11.5 Å². The van der Waals surface area contributed by atoms with Crippen molar-refractivity contribution in [3.63, 3.8) is 0 Å². The second-order valence-corrected chi connectivity index (χ2v) is 10.7. The fourth-order valence-corrected chi connectivity index (χ4v) is 6.20. The number of hydrogen-bond donors (Lipinski definition) is 8. The van der Waals surface area contributed by atoms with Crippen LogP contribution < -0.4 is 37.3 Å². The Morgan fingerprint density at radius 3 is 2.56 bits per heavy atom. The van der Waals surface area contributed by atoms with Crippen LogP contribution in [-0.2, 0) is 11.0 Å². The van der Waals surface area contributed by atoms with Gasteiger partial charge in [-0.05, 0) is 30.3 Å². The number of benzene rings is 2. The molecule has 1 spiro atoms. The minimum absolute atomic E-state index is 0.0844. The van der Waals surface area contributed by atoms with Gasteiger partial charge in [0.25, 0.3) is 23.3 Å². The third-order valence-electron chi connectivity index (χ3n) is 8.21. The molecule has 4 aliphatic heterocycles. The normalized spacial score (nSPS) is 27.8. The number of rotatable bonds is 5. The highest BCUT2D eigenvalue weighted by molar-refractivity contribution is 6.12. The number of carbonyl (C=O) groups excluding carboxylic acids is 3. The number of aliphatic hydroxyl groups is 2. The van der Waals surface area contributed by atoms with Crippen molar-refractivity contribution in [2.75, 3.05) is 24.5 Å². The number of halogens is 3. The molecule has 4 amide bonds. The van der Waals surface area contributed by atoms with Crippen LogP contribution in [0.5, 0.6) is 0 Å². The summed E-state index contributed by atoms with van der Waals surface area (Å²) < 4.78 is 40.9. The highest BCUT2D eigenvalue weighted by Gasteiger charge is 2.78. The zero-order valence-corrected chi connectivity index (χ0v) is 22.3. The standard InChI is InChI=1S/C26H26F3N9O5/c27-26(28,29)14-6-4-5-13(9-14)20(40)33-17-11-38-22(31)32-16(19-24(38,25(17,42)43)35-21(30)34-19)10-37-18(39)12-36(23(37)41)15-7-2-1-3-8-15/h1-9,16-17,19,42-43H,10-12H2,(H6,30,31,32,33,34,35,40)/p+2/t16-,17?,19-,24-/m0/s1. The van der Waals surface area contributed by atoms with E-state index < -0.39 is 59.2 Å². The van der Waals surface area contributed by atoms with Gasteiger partial charge in [-0.2, -0.15) is 13.2 Å². The molecule has 4 heterocycles. The van der Waals surface area contributed by atoms with Crippen molar-refractivity contribution in [3.8, 4) is 0 Å². The second kappa shape index (κ2) is 9.56. The molecular weight excluding hydrogens is 575 g/mol. The first-order chi connectivity index (χ1) is 20.2. The molecule has 14 nitrogen and oxygen atoms in total. The van der Waals surface area contributed by atoms with E-state index in [-0.39, 0.29) is 37.1 Å². The summed E-state index contributed by atoms with van der Waals surface area (Å²) in [5.74, 6) is -4.49. The summed E-state index contributed by atoms with van der Waals surface area (Å²) in [7, 11) is 0. The van der Waals surface area contributed by atoms with Crippen LogP contribution in [0.4, 0.5) is 23.7 Å². The minimum Gasteiger partial charge on any atom is -0.358 e. The summed E-state index contributed by atoms with van der Waals surface area (Å²) in [6.07, 6.45) is -4.69. The van der Waals surface area contributed by atoms with Crippen LogP contribution in [0, 0.1) is 0 Å². The van der Waals surface area contributed by atoms with Gasteiger partial charge in [-0.15, -0.1) is 0 Å². The Morgan fingerprint density at radius 2 is 1.86 bits per heavy atom. The van der Waals surface area contributed by atoms with Gasteiger partial charge in [-0.25, -0.2) is 14.7 Å². The number of nitrogens with two attached hydrogens (primary N) is 2. The van der Waals surface area contributed by atoms with Crippen LogP contribution in [0.1, 0.15) is 15.9 Å². The molecular formula is C26H28F3N9O5+2. The average Bonchev–Trinajstić information content (AvgIpc) is 3.54. The van der Waals surface area contributed by atoms with E-state index in [1.165, 1.54) is 9.48 Å². The Bertz CT molecular complexity index is 1580. The Morgan fingerprint density at radius 1 is 1.14 bits per heavy atom. The number of amides is 4. The maximum atomic E-state index is 13.2. The fraction of sp³-hybridized carbons (Fsp3) is 0.346. The van der Waals surface area contributed by atoms with Crippen molar-refractivity contribution < 1.29 is 47.3 Å². The summed E-state index contributed by atoms with van der Waals surface area (Å²) in [6.45, 7) is -0.753. The summed E-state index contributed by atoms with van der Waals surface area (Å²) >= 11 is 0. The SMILES string of the molecule is NC1=[NH+][C@H]2[C@H](CN3C(=O)CN(c4ccccc4)C3=O)NC(N)=[N+]3CC(NC(=O)c4cccc(C(F)(F)F)c4)C(O)(O)[C@]23N1. The van der Waals surface area contributed by atoms with Gasteiger partial charge in [0.15, 0.2) is 6.04 Å². The highest BCUT2D eigenvalue weighted by atomic mass is 19.4. The van der Waals surface area contributed by atoms with Gasteiger partial charge < -0.3 is 15.5 Å². The number of nitrogens with zero attached hydrogens (tertiary/aromatic N) is 3. The second-order valence-electron chi connectivity index (χ2n) is 10.7. The molecule has 0 radical (unpaired) electrons. The minimum atomic E-state index is -4.69. The van der Waals surface area contributed by atoms with Gasteiger partial charge in [0.1, 0.15) is 18.6 Å². The summed E-state index contributed by atoms with van der Waals surface area (Å²) in [6, 6.07) is 8.23. The van der Waals surface area contributed by atoms with E-state index in [1.807, 2.05) is 0 Å². The molecule has 43 heavy (non-hydrogen) atoms. The van der Waals surface area contributed by atoms with E-state index in [0.29, 0.717) is 11.8 Å². The van der Waals surface area contributed by atoms with E-state index in [0.717, 1.165) is 23.1 Å². The lowest BCUT2D eigenvalue weighted by Crippen LogP contribution is -2.92. The molecule has 0 aromatic heterocycles. The Labute approximate surface area is 241 Å². The number of alkyl halides is 3. The molecule has 6 rings (SSSR count). The Hall–Kier alpha value is -4.90. The number of urea groups is 1. The highest BCUT2D eigenvalue weighted by Crippen LogP contribution is 2.38. The van der Waals surface area contributed by atoms with E-state index in [9.17, 15) is 37.8 Å². The Kier molecular flexibility index (Phi) is 6.28. The fourth-order valence-electron chi connectivity index (χ4n) is 6.20. The molecule has 0 bridgehead atoms. The quantitative estimate of drug-likeness (QED) is 0.0963. The molecule has 0 saturated carbocycles. The van der Waals surface area contributed by atoms with Crippen molar-refractivity contribution >= 4 is 35.5 Å². The molecule has 0 aliphatic carbocycles. The van der Waals surface area contributed by atoms with Crippen LogP contribution in [0.15, 0.2) is 54.6 Å². The third-order valence-corrected chi connectivity index (χ3v) is 8.21. The van der Waals surface area contributed by atoms with Crippen LogP contribution in [0.2, 0.25) is 0 Å². The summed E-state index contributed by atoms with van der Waals surface area (Å²) in [5.41, 5.74) is 9.56. The molecule has 10 N–H and O–H groups in total. The van der Waals surface area contributed by atoms with Gasteiger partial charge in [0, 0.05) is 11.3 Å². The molecule has 2 saturated heterocycles. The third kappa shape index (κ3) is 4.30. The molecule has 17 heteroatoms. The number of anilines is 1. The first-order valence-corrected chi connectivity index (χ1v) is 13.2. The lowest BCUT2D eigenvalue weighted by molar-refractivity contribution is -0.674. The average molecular weight is 604 g/mol. The first kappa shape index (κ1) is 28.2. The number of imide groups is 1. The van der Waals surface area contributed by atoms with Crippen LogP contribution in [0.3, 0.4) is 0 Å². The number of para-hydroxylation sites is 1. The van der Waals surface area contributed by atoms with E-state index >= 15 is 0 Å². The predicted octanol–water partition coefficient (Wildman–Crippen LogP) is -3.67. The van der Waals surface area contributed by atoms with E-state index in [2.05, 4.69) is 20.9 Å². The molecule has 2 fully saturated rings. The lowest BCUT2D eigenvalue weighted by atomic mass is 9.85. The Balaban J connectivity index is 1.27. The number of hydrogen-bond acceptors (Lipinski definition) is 9. The van der Waals surface area contributed by atoms with Crippen LogP contribution >= 0.6 is 0 Å². The molecule has 2 aromatic carbocycles. The number of nitrogens with one attached hydrogen (secondary N) is 4. The molecule has 1 unspecified atom stereocenters. The smallest absolute Gasteiger partial charge is 0.358 e. The monoisotopic (exact) mass is 603 g/mol. The summed E-state index contributed by atoms with van der Waals surface area (Å²) in [4.78, 5) is 44.4. The van der Waals surface area contributed by atoms with E-state index in [1.54, 1.807) is 30.3 Å². The maximum absolute atomic E-state index is 13.2. The van der Waals surface area contributed by atoms with Gasteiger partial charge >= 0.3 is 24.1 Å². The molecule has 4 atom stereocenters. The van der Waals surface area contributed by atoms with E-state index in [4.69, 9.17) is 11.5 Å².